The predicted molar refractivity (Wildman–Crippen MR) is 49.8 cm³/mol. The number of hydrogen-bond donors (Lipinski definition) is 2. The maximum Gasteiger partial charge on any atom is 0.234 e. The molecule has 1 heterocycles. The summed E-state index contributed by atoms with van der Waals surface area (Å²) in [7, 11) is 0. The minimum atomic E-state index is -0.509. The number of nitrogens with two attached hydrogens (primary N) is 2. The van der Waals surface area contributed by atoms with Gasteiger partial charge in [0, 0.05) is 0 Å². The Morgan fingerprint density at radius 3 is 2.92 bits per heavy atom. The van der Waals surface area contributed by atoms with Crippen molar-refractivity contribution in [3.8, 4) is 0 Å². The average molecular weight is 184 g/mol. The molecule has 0 fully saturated rings. The van der Waals surface area contributed by atoms with Gasteiger partial charge in [0.2, 0.25) is 5.91 Å². The first-order chi connectivity index (χ1) is 5.70. The first-order valence-corrected chi connectivity index (χ1v) is 4.70. The van der Waals surface area contributed by atoms with Crippen LogP contribution in [-0.4, -0.2) is 11.9 Å². The van der Waals surface area contributed by atoms with Crippen LogP contribution in [0.4, 0.5) is 0 Å². The molecule has 0 spiro atoms. The molecule has 4 heteroatoms. The Balaban J connectivity index is 2.31. The highest BCUT2D eigenvalue weighted by Crippen LogP contribution is 2.08. The standard InChI is InChI=1S/C8H12N2OS/c9-7(8(10)11)2-1-6-3-4-12-5-6/h3-5,7H,1-2,9H2,(H2,10,11). The molecule has 1 aromatic rings. The van der Waals surface area contributed by atoms with E-state index < -0.39 is 11.9 Å². The molecule has 0 bridgehead atoms. The smallest absolute Gasteiger partial charge is 0.234 e. The highest BCUT2D eigenvalue weighted by Gasteiger charge is 2.08. The molecule has 0 radical (unpaired) electrons. The summed E-state index contributed by atoms with van der Waals surface area (Å²) < 4.78 is 0. The zero-order valence-corrected chi connectivity index (χ0v) is 7.51. The molecule has 66 valence electrons. The van der Waals surface area contributed by atoms with E-state index in [2.05, 4.69) is 0 Å². The highest BCUT2D eigenvalue weighted by atomic mass is 32.1. The number of carbonyl (C=O) groups excluding carboxylic acids is 1. The van der Waals surface area contributed by atoms with Crippen molar-refractivity contribution in [2.24, 2.45) is 11.5 Å². The summed E-state index contributed by atoms with van der Waals surface area (Å²) in [5.74, 6) is -0.426. The molecule has 0 saturated heterocycles. The average Bonchev–Trinajstić information content (AvgIpc) is 2.51. The van der Waals surface area contributed by atoms with Gasteiger partial charge in [-0.05, 0) is 35.2 Å². The van der Waals surface area contributed by atoms with Crippen LogP contribution in [-0.2, 0) is 11.2 Å². The third kappa shape index (κ3) is 2.64. The minimum absolute atomic E-state index is 0.426. The SMILES string of the molecule is NC(=O)C(N)CCc1ccsc1. The summed E-state index contributed by atoms with van der Waals surface area (Å²) in [5.41, 5.74) is 11.7. The summed E-state index contributed by atoms with van der Waals surface area (Å²) in [6.07, 6.45) is 1.46. The quantitative estimate of drug-likeness (QED) is 0.715. The molecule has 12 heavy (non-hydrogen) atoms. The van der Waals surface area contributed by atoms with Crippen LogP contribution >= 0.6 is 11.3 Å². The Labute approximate surface area is 75.4 Å². The van der Waals surface area contributed by atoms with Crippen molar-refractivity contribution in [2.45, 2.75) is 18.9 Å². The van der Waals surface area contributed by atoms with E-state index >= 15 is 0 Å². The highest BCUT2D eigenvalue weighted by molar-refractivity contribution is 7.07. The third-order valence-corrected chi connectivity index (χ3v) is 2.42. The van der Waals surface area contributed by atoms with Crippen molar-refractivity contribution < 1.29 is 4.79 Å². The second kappa shape index (κ2) is 4.23. The van der Waals surface area contributed by atoms with Gasteiger partial charge in [0.1, 0.15) is 0 Å². The number of carbonyl (C=O) groups is 1. The number of amides is 1. The third-order valence-electron chi connectivity index (χ3n) is 1.69. The van der Waals surface area contributed by atoms with Gasteiger partial charge in [0.25, 0.3) is 0 Å². The lowest BCUT2D eigenvalue weighted by Crippen LogP contribution is -2.36. The zero-order chi connectivity index (χ0) is 8.97. The summed E-state index contributed by atoms with van der Waals surface area (Å²) in [6, 6.07) is 1.52. The summed E-state index contributed by atoms with van der Waals surface area (Å²) in [6.45, 7) is 0. The number of hydrogen-bond acceptors (Lipinski definition) is 3. The molecule has 4 N–H and O–H groups in total. The molecule has 3 nitrogen and oxygen atoms in total. The molecule has 1 rings (SSSR count). The van der Waals surface area contributed by atoms with Crippen molar-refractivity contribution in [2.75, 3.05) is 0 Å². The summed E-state index contributed by atoms with van der Waals surface area (Å²) >= 11 is 1.64. The molecule has 1 aromatic heterocycles. The van der Waals surface area contributed by atoms with Gasteiger partial charge in [-0.2, -0.15) is 11.3 Å². The number of aryl methyl sites for hydroxylation is 1. The number of primary amides is 1. The van der Waals surface area contributed by atoms with Crippen LogP contribution in [0.1, 0.15) is 12.0 Å². The van der Waals surface area contributed by atoms with Gasteiger partial charge in [0.05, 0.1) is 6.04 Å². The van der Waals surface area contributed by atoms with Crippen LogP contribution in [0, 0.1) is 0 Å². The van der Waals surface area contributed by atoms with Crippen molar-refractivity contribution in [3.63, 3.8) is 0 Å². The molecule has 1 unspecified atom stereocenters. The number of rotatable bonds is 4. The van der Waals surface area contributed by atoms with Crippen molar-refractivity contribution >= 4 is 17.2 Å². The van der Waals surface area contributed by atoms with Gasteiger partial charge in [-0.1, -0.05) is 0 Å². The molecule has 1 atom stereocenters. The Hall–Kier alpha value is -0.870. The van der Waals surface area contributed by atoms with Crippen LogP contribution < -0.4 is 11.5 Å². The van der Waals surface area contributed by atoms with Crippen LogP contribution in [0.3, 0.4) is 0 Å². The lowest BCUT2D eigenvalue weighted by molar-refractivity contribution is -0.119. The lowest BCUT2D eigenvalue weighted by atomic mass is 10.1. The van der Waals surface area contributed by atoms with Crippen LogP contribution in [0.25, 0.3) is 0 Å². The summed E-state index contributed by atoms with van der Waals surface area (Å²) in [5, 5.41) is 4.05. The molecule has 0 saturated carbocycles. The number of thiophene rings is 1. The fraction of sp³-hybridized carbons (Fsp3) is 0.375. The van der Waals surface area contributed by atoms with Gasteiger partial charge < -0.3 is 11.5 Å². The molecular weight excluding hydrogens is 172 g/mol. The molecule has 0 aliphatic carbocycles. The Morgan fingerprint density at radius 2 is 2.42 bits per heavy atom. The van der Waals surface area contributed by atoms with Gasteiger partial charge in [-0.3, -0.25) is 4.79 Å². The molecule has 0 aliphatic heterocycles. The fourth-order valence-electron chi connectivity index (χ4n) is 0.899. The zero-order valence-electron chi connectivity index (χ0n) is 6.69. The van der Waals surface area contributed by atoms with E-state index in [0.29, 0.717) is 6.42 Å². The Morgan fingerprint density at radius 1 is 1.67 bits per heavy atom. The van der Waals surface area contributed by atoms with E-state index in [4.69, 9.17) is 11.5 Å². The fourth-order valence-corrected chi connectivity index (χ4v) is 1.60. The lowest BCUT2D eigenvalue weighted by Gasteiger charge is -2.04. The van der Waals surface area contributed by atoms with Crippen molar-refractivity contribution in [1.29, 1.82) is 0 Å². The van der Waals surface area contributed by atoms with E-state index in [0.717, 1.165) is 6.42 Å². The maximum atomic E-state index is 10.6. The van der Waals surface area contributed by atoms with E-state index in [1.807, 2.05) is 16.8 Å². The first-order valence-electron chi connectivity index (χ1n) is 3.76. The van der Waals surface area contributed by atoms with Crippen molar-refractivity contribution in [3.05, 3.63) is 22.4 Å². The second-order valence-electron chi connectivity index (χ2n) is 2.68. The predicted octanol–water partition coefficient (Wildman–Crippen LogP) is 0.493. The van der Waals surface area contributed by atoms with Gasteiger partial charge in [-0.25, -0.2) is 0 Å². The van der Waals surface area contributed by atoms with Gasteiger partial charge >= 0.3 is 0 Å². The second-order valence-corrected chi connectivity index (χ2v) is 3.46. The Bertz CT molecular complexity index is 246. The van der Waals surface area contributed by atoms with E-state index in [1.165, 1.54) is 5.56 Å². The minimum Gasteiger partial charge on any atom is -0.368 e. The maximum absolute atomic E-state index is 10.6. The van der Waals surface area contributed by atoms with E-state index in [9.17, 15) is 4.79 Å². The van der Waals surface area contributed by atoms with E-state index in [-0.39, 0.29) is 0 Å². The molecule has 0 aromatic carbocycles. The van der Waals surface area contributed by atoms with Crippen molar-refractivity contribution in [1.82, 2.24) is 0 Å². The summed E-state index contributed by atoms with van der Waals surface area (Å²) in [4.78, 5) is 10.6. The topological polar surface area (TPSA) is 69.1 Å². The molecule has 1 amide bonds. The van der Waals surface area contributed by atoms with E-state index in [1.54, 1.807) is 11.3 Å². The van der Waals surface area contributed by atoms with Gasteiger partial charge in [-0.15, -0.1) is 0 Å². The van der Waals surface area contributed by atoms with Crippen LogP contribution in [0.15, 0.2) is 16.8 Å². The van der Waals surface area contributed by atoms with Crippen LogP contribution in [0.2, 0.25) is 0 Å². The first kappa shape index (κ1) is 9.22. The van der Waals surface area contributed by atoms with Gasteiger partial charge in [0.15, 0.2) is 0 Å². The molecular formula is C8H12N2OS. The Kier molecular flexibility index (Phi) is 3.25. The molecule has 0 aliphatic rings. The normalized spacial score (nSPS) is 12.8. The monoisotopic (exact) mass is 184 g/mol. The largest absolute Gasteiger partial charge is 0.368 e. The van der Waals surface area contributed by atoms with Crippen LogP contribution in [0.5, 0.6) is 0 Å².